The molecule has 1 aromatic heterocycles. The van der Waals surface area contributed by atoms with E-state index in [1.54, 1.807) is 0 Å². The van der Waals surface area contributed by atoms with Crippen LogP contribution in [0.1, 0.15) is 35.7 Å². The molecule has 0 aliphatic heterocycles. The van der Waals surface area contributed by atoms with E-state index < -0.39 is 0 Å². The van der Waals surface area contributed by atoms with Gasteiger partial charge in [-0.25, -0.2) is 4.98 Å². The van der Waals surface area contributed by atoms with Gasteiger partial charge in [-0.15, -0.1) is 0 Å². The van der Waals surface area contributed by atoms with E-state index in [0.717, 1.165) is 30.2 Å². The third-order valence-corrected chi connectivity index (χ3v) is 3.32. The summed E-state index contributed by atoms with van der Waals surface area (Å²) in [4.78, 5) is 9.02. The molecule has 21 heavy (non-hydrogen) atoms. The maximum Gasteiger partial charge on any atom is 0.229 e. The molecule has 0 radical (unpaired) electrons. The molecule has 0 unspecified atom stereocenters. The standard InChI is InChI=1S/C17H24N4/c1-6-7-18-15-10-14(5)19-17(20-15)21-16-12(3)8-11(2)9-13(16)4/h8-10H,6-7H2,1-5H3,(H2,18,19,20,21). The Bertz CT molecular complexity index is 612. The van der Waals surface area contributed by atoms with Crippen molar-refractivity contribution in [3.63, 3.8) is 0 Å². The van der Waals surface area contributed by atoms with E-state index >= 15 is 0 Å². The van der Waals surface area contributed by atoms with Gasteiger partial charge in [-0.05, 0) is 45.2 Å². The average molecular weight is 284 g/mol. The van der Waals surface area contributed by atoms with Crippen molar-refractivity contribution in [2.24, 2.45) is 0 Å². The third kappa shape index (κ3) is 3.94. The molecule has 4 nitrogen and oxygen atoms in total. The van der Waals surface area contributed by atoms with Crippen LogP contribution in [0.4, 0.5) is 17.5 Å². The molecule has 4 heteroatoms. The molecule has 1 heterocycles. The monoisotopic (exact) mass is 284 g/mol. The Balaban J connectivity index is 2.29. The minimum atomic E-state index is 0.642. The van der Waals surface area contributed by atoms with Crippen molar-refractivity contribution in [1.82, 2.24) is 9.97 Å². The second kappa shape index (κ2) is 6.57. The Hall–Kier alpha value is -2.10. The fourth-order valence-electron chi connectivity index (χ4n) is 2.46. The molecule has 0 amide bonds. The first kappa shape index (κ1) is 15.3. The zero-order valence-corrected chi connectivity index (χ0v) is 13.5. The summed E-state index contributed by atoms with van der Waals surface area (Å²) in [7, 11) is 0. The van der Waals surface area contributed by atoms with Crippen molar-refractivity contribution in [3.8, 4) is 0 Å². The number of nitrogens with one attached hydrogen (secondary N) is 2. The van der Waals surface area contributed by atoms with Crippen LogP contribution in [-0.4, -0.2) is 16.5 Å². The van der Waals surface area contributed by atoms with Gasteiger partial charge in [0.25, 0.3) is 0 Å². The van der Waals surface area contributed by atoms with Crippen LogP contribution >= 0.6 is 0 Å². The van der Waals surface area contributed by atoms with Crippen LogP contribution < -0.4 is 10.6 Å². The van der Waals surface area contributed by atoms with E-state index in [4.69, 9.17) is 0 Å². The Kier molecular flexibility index (Phi) is 4.78. The third-order valence-electron chi connectivity index (χ3n) is 3.32. The van der Waals surface area contributed by atoms with E-state index in [1.165, 1.54) is 16.7 Å². The predicted molar refractivity (Wildman–Crippen MR) is 89.5 cm³/mol. The molecule has 2 aromatic rings. The number of rotatable bonds is 5. The minimum absolute atomic E-state index is 0.642. The molecule has 0 spiro atoms. The number of aromatic nitrogens is 2. The summed E-state index contributed by atoms with van der Waals surface area (Å²) < 4.78 is 0. The molecule has 0 saturated heterocycles. The van der Waals surface area contributed by atoms with Gasteiger partial charge in [-0.2, -0.15) is 4.98 Å². The lowest BCUT2D eigenvalue weighted by molar-refractivity contribution is 0.962. The minimum Gasteiger partial charge on any atom is -0.370 e. The highest BCUT2D eigenvalue weighted by Crippen LogP contribution is 2.25. The normalized spacial score (nSPS) is 10.5. The number of hydrogen-bond donors (Lipinski definition) is 2. The first-order valence-corrected chi connectivity index (χ1v) is 7.44. The fraction of sp³-hybridized carbons (Fsp3) is 0.412. The van der Waals surface area contributed by atoms with Crippen LogP contribution in [0.25, 0.3) is 0 Å². The van der Waals surface area contributed by atoms with Crippen LogP contribution in [-0.2, 0) is 0 Å². The lowest BCUT2D eigenvalue weighted by Gasteiger charge is -2.14. The highest BCUT2D eigenvalue weighted by Gasteiger charge is 2.07. The highest BCUT2D eigenvalue weighted by molar-refractivity contribution is 5.64. The summed E-state index contributed by atoms with van der Waals surface area (Å²) in [5.74, 6) is 1.51. The van der Waals surface area contributed by atoms with Crippen LogP contribution in [0.3, 0.4) is 0 Å². The zero-order chi connectivity index (χ0) is 15.4. The van der Waals surface area contributed by atoms with Crippen molar-refractivity contribution < 1.29 is 0 Å². The molecule has 112 valence electrons. The van der Waals surface area contributed by atoms with Gasteiger partial charge in [0.2, 0.25) is 5.95 Å². The molecular formula is C17H24N4. The summed E-state index contributed by atoms with van der Waals surface area (Å²) >= 11 is 0. The molecule has 0 fully saturated rings. The highest BCUT2D eigenvalue weighted by atomic mass is 15.1. The van der Waals surface area contributed by atoms with E-state index in [1.807, 2.05) is 13.0 Å². The molecule has 2 rings (SSSR count). The quantitative estimate of drug-likeness (QED) is 0.860. The number of nitrogens with zero attached hydrogens (tertiary/aromatic N) is 2. The summed E-state index contributed by atoms with van der Waals surface area (Å²) in [6.45, 7) is 11.4. The van der Waals surface area contributed by atoms with E-state index in [9.17, 15) is 0 Å². The van der Waals surface area contributed by atoms with Crippen molar-refractivity contribution in [2.75, 3.05) is 17.2 Å². The Labute approximate surface area is 127 Å². The number of hydrogen-bond acceptors (Lipinski definition) is 4. The lowest BCUT2D eigenvalue weighted by atomic mass is 10.1. The zero-order valence-electron chi connectivity index (χ0n) is 13.5. The molecule has 0 atom stereocenters. The van der Waals surface area contributed by atoms with Gasteiger partial charge >= 0.3 is 0 Å². The smallest absolute Gasteiger partial charge is 0.229 e. The second-order valence-corrected chi connectivity index (χ2v) is 5.54. The molecule has 0 bridgehead atoms. The maximum atomic E-state index is 4.54. The van der Waals surface area contributed by atoms with E-state index in [-0.39, 0.29) is 0 Å². The lowest BCUT2D eigenvalue weighted by Crippen LogP contribution is -2.07. The van der Waals surface area contributed by atoms with Crippen LogP contribution in [0.2, 0.25) is 0 Å². The van der Waals surface area contributed by atoms with Gasteiger partial charge in [0, 0.05) is 24.0 Å². The largest absolute Gasteiger partial charge is 0.370 e. The van der Waals surface area contributed by atoms with Crippen LogP contribution in [0.15, 0.2) is 18.2 Å². The molecule has 2 N–H and O–H groups in total. The van der Waals surface area contributed by atoms with E-state index in [2.05, 4.69) is 60.4 Å². The first-order valence-electron chi connectivity index (χ1n) is 7.44. The molecule has 0 saturated carbocycles. The van der Waals surface area contributed by atoms with Gasteiger partial charge in [0.05, 0.1) is 0 Å². The van der Waals surface area contributed by atoms with Crippen molar-refractivity contribution >= 4 is 17.5 Å². The number of anilines is 3. The first-order chi connectivity index (χ1) is 9.99. The summed E-state index contributed by atoms with van der Waals surface area (Å²) in [6.07, 6.45) is 1.07. The SMILES string of the molecule is CCCNc1cc(C)nc(Nc2c(C)cc(C)cc2C)n1. The van der Waals surface area contributed by atoms with Gasteiger partial charge in [0.1, 0.15) is 5.82 Å². The van der Waals surface area contributed by atoms with E-state index in [0.29, 0.717) is 5.95 Å². The fourth-order valence-corrected chi connectivity index (χ4v) is 2.46. The van der Waals surface area contributed by atoms with Gasteiger partial charge in [-0.3, -0.25) is 0 Å². The van der Waals surface area contributed by atoms with Crippen molar-refractivity contribution in [3.05, 3.63) is 40.6 Å². The second-order valence-electron chi connectivity index (χ2n) is 5.54. The van der Waals surface area contributed by atoms with Crippen molar-refractivity contribution in [1.29, 1.82) is 0 Å². The Morgan fingerprint density at radius 2 is 1.62 bits per heavy atom. The average Bonchev–Trinajstić information content (AvgIpc) is 2.40. The van der Waals surface area contributed by atoms with Gasteiger partial charge in [0.15, 0.2) is 0 Å². The molecule has 0 aliphatic rings. The maximum absolute atomic E-state index is 4.54. The number of aryl methyl sites for hydroxylation is 4. The molecule has 1 aromatic carbocycles. The van der Waals surface area contributed by atoms with Crippen molar-refractivity contribution in [2.45, 2.75) is 41.0 Å². The van der Waals surface area contributed by atoms with Gasteiger partial charge < -0.3 is 10.6 Å². The molecular weight excluding hydrogens is 260 g/mol. The van der Waals surface area contributed by atoms with Crippen LogP contribution in [0.5, 0.6) is 0 Å². The van der Waals surface area contributed by atoms with Gasteiger partial charge in [-0.1, -0.05) is 24.6 Å². The topological polar surface area (TPSA) is 49.8 Å². The summed E-state index contributed by atoms with van der Waals surface area (Å²) in [6, 6.07) is 6.30. The Morgan fingerprint density at radius 1 is 0.952 bits per heavy atom. The summed E-state index contributed by atoms with van der Waals surface area (Å²) in [5.41, 5.74) is 5.73. The van der Waals surface area contributed by atoms with Crippen LogP contribution in [0, 0.1) is 27.7 Å². The summed E-state index contributed by atoms with van der Waals surface area (Å²) in [5, 5.41) is 6.67. The Morgan fingerprint density at radius 3 is 2.24 bits per heavy atom. The number of benzene rings is 1. The molecule has 0 aliphatic carbocycles. The predicted octanol–water partition coefficient (Wildman–Crippen LogP) is 4.28.